The van der Waals surface area contributed by atoms with Gasteiger partial charge in [0.1, 0.15) is 23.4 Å². The first-order valence-electron chi connectivity index (χ1n) is 14.0. The highest BCUT2D eigenvalue weighted by molar-refractivity contribution is 6.32. The third-order valence-electron chi connectivity index (χ3n) is 8.37. The number of Topliss-reactive ketones (excluding diaryl/α,β-unsaturated/α-hetero) is 1. The molecule has 214 valence electrons. The number of alkyl carbamates (subject to hydrolysis) is 1. The summed E-state index contributed by atoms with van der Waals surface area (Å²) in [4.78, 5) is 25.1. The monoisotopic (exact) mass is 559 g/mol. The van der Waals surface area contributed by atoms with E-state index in [2.05, 4.69) is 18.3 Å². The van der Waals surface area contributed by atoms with Crippen LogP contribution in [0.15, 0.2) is 35.9 Å². The number of fused-ring (bicyclic) bond motifs is 5. The number of amides is 1. The Morgan fingerprint density at radius 2 is 1.97 bits per heavy atom. The quantitative estimate of drug-likeness (QED) is 0.404. The van der Waals surface area contributed by atoms with Crippen LogP contribution in [0.4, 0.5) is 4.79 Å². The molecule has 2 N–H and O–H groups in total. The second-order valence-electron chi connectivity index (χ2n) is 12.0. The summed E-state index contributed by atoms with van der Waals surface area (Å²) >= 11 is 6.67. The van der Waals surface area contributed by atoms with Crippen molar-refractivity contribution in [3.05, 3.63) is 52.1 Å². The predicted molar refractivity (Wildman–Crippen MR) is 151 cm³/mol. The van der Waals surface area contributed by atoms with E-state index in [1.54, 1.807) is 7.11 Å². The third kappa shape index (κ3) is 7.44. The molecule has 4 rings (SSSR count). The molecule has 4 bridgehead atoms. The number of carbonyl (C=O) groups excluding carboxylic acids is 2. The van der Waals surface area contributed by atoms with Crippen molar-refractivity contribution in [2.45, 2.75) is 103 Å². The number of rotatable bonds is 1. The van der Waals surface area contributed by atoms with Crippen LogP contribution in [0.3, 0.4) is 0 Å². The summed E-state index contributed by atoms with van der Waals surface area (Å²) in [5.74, 6) is 1.05. The predicted octanol–water partition coefficient (Wildman–Crippen LogP) is 6.09. The molecule has 1 aromatic rings. The normalized spacial score (nSPS) is 34.4. The fourth-order valence-electron chi connectivity index (χ4n) is 5.92. The van der Waals surface area contributed by atoms with E-state index in [1.165, 1.54) is 0 Å². The zero-order chi connectivity index (χ0) is 28.4. The van der Waals surface area contributed by atoms with Crippen LogP contribution in [0.2, 0.25) is 5.02 Å². The molecule has 8 heteroatoms. The van der Waals surface area contributed by atoms with Crippen LogP contribution < -0.4 is 10.1 Å². The summed E-state index contributed by atoms with van der Waals surface area (Å²) in [5, 5.41) is 14.4. The van der Waals surface area contributed by atoms with E-state index in [0.29, 0.717) is 36.5 Å². The van der Waals surface area contributed by atoms with Crippen LogP contribution >= 0.6 is 11.6 Å². The molecule has 2 heterocycles. The van der Waals surface area contributed by atoms with Crippen LogP contribution in [0, 0.1) is 11.8 Å². The first kappa shape index (κ1) is 29.6. The van der Waals surface area contributed by atoms with Crippen LogP contribution in [0.1, 0.15) is 77.3 Å². The number of benzene rings is 1. The molecule has 1 amide bonds. The minimum atomic E-state index is -1.40. The van der Waals surface area contributed by atoms with Crippen LogP contribution in [0.25, 0.3) is 0 Å². The average Bonchev–Trinajstić information content (AvgIpc) is 3.55. The van der Waals surface area contributed by atoms with Crippen molar-refractivity contribution in [3.63, 3.8) is 0 Å². The molecule has 6 unspecified atom stereocenters. The SMILES string of the molecule is COc1cc2cc(c1Cl)CC(C)CCC(=O)CCC1(C)OC1C(C)C1CC(O)(CC=CC=C(C)C2)NC(=O)O1. The van der Waals surface area contributed by atoms with Gasteiger partial charge in [0.25, 0.3) is 0 Å². The van der Waals surface area contributed by atoms with Gasteiger partial charge in [-0.15, -0.1) is 0 Å². The molecule has 0 spiro atoms. The molecule has 7 nitrogen and oxygen atoms in total. The van der Waals surface area contributed by atoms with Gasteiger partial charge in [-0.3, -0.25) is 10.1 Å². The Labute approximate surface area is 236 Å². The lowest BCUT2D eigenvalue weighted by atomic mass is 9.85. The number of halogens is 1. The second-order valence-corrected chi connectivity index (χ2v) is 12.4. The Balaban J connectivity index is 1.57. The smallest absolute Gasteiger partial charge is 0.409 e. The summed E-state index contributed by atoms with van der Waals surface area (Å²) in [6.45, 7) is 8.20. The zero-order valence-electron chi connectivity index (χ0n) is 23.7. The Kier molecular flexibility index (Phi) is 9.14. The number of allylic oxidation sites excluding steroid dienone is 3. The number of nitrogens with one attached hydrogen (secondary N) is 1. The summed E-state index contributed by atoms with van der Waals surface area (Å²) in [7, 11) is 1.62. The van der Waals surface area contributed by atoms with Crippen LogP contribution in [-0.4, -0.2) is 47.6 Å². The van der Waals surface area contributed by atoms with Crippen molar-refractivity contribution in [1.82, 2.24) is 5.32 Å². The van der Waals surface area contributed by atoms with Gasteiger partial charge in [0.05, 0.1) is 23.8 Å². The summed E-state index contributed by atoms with van der Waals surface area (Å²) < 4.78 is 17.2. The van der Waals surface area contributed by atoms with Crippen molar-refractivity contribution in [1.29, 1.82) is 0 Å². The summed E-state index contributed by atoms with van der Waals surface area (Å²) in [5.41, 5.74) is 1.42. The number of methoxy groups -OCH3 is 1. The molecule has 3 aliphatic rings. The number of carbonyl (C=O) groups is 2. The zero-order valence-corrected chi connectivity index (χ0v) is 24.5. The number of ketones is 1. The molecular weight excluding hydrogens is 518 g/mol. The van der Waals surface area contributed by atoms with E-state index < -0.39 is 23.5 Å². The van der Waals surface area contributed by atoms with Crippen molar-refractivity contribution in [3.8, 4) is 5.75 Å². The average molecular weight is 560 g/mol. The molecule has 0 aromatic heterocycles. The molecule has 1 aliphatic carbocycles. The van der Waals surface area contributed by atoms with Gasteiger partial charge in [-0.2, -0.15) is 0 Å². The first-order chi connectivity index (χ1) is 18.4. The topological polar surface area (TPSA) is 97.4 Å². The molecular formula is C31H42ClNO6. The highest BCUT2D eigenvalue weighted by Gasteiger charge is 2.58. The van der Waals surface area contributed by atoms with E-state index in [-0.39, 0.29) is 36.6 Å². The second kappa shape index (κ2) is 12.0. The first-order valence-corrected chi connectivity index (χ1v) is 14.4. The number of hydrogen-bond acceptors (Lipinski definition) is 6. The Bertz CT molecular complexity index is 1150. The minimum absolute atomic E-state index is 0.109. The van der Waals surface area contributed by atoms with E-state index >= 15 is 0 Å². The van der Waals surface area contributed by atoms with Gasteiger partial charge in [0.15, 0.2) is 0 Å². The summed E-state index contributed by atoms with van der Waals surface area (Å²) in [6, 6.07) is 4.10. The van der Waals surface area contributed by atoms with Gasteiger partial charge in [-0.05, 0) is 62.6 Å². The molecule has 1 aromatic carbocycles. The number of epoxide rings is 1. The van der Waals surface area contributed by atoms with Crippen LogP contribution in [0.5, 0.6) is 5.75 Å². The van der Waals surface area contributed by atoms with Gasteiger partial charge >= 0.3 is 6.09 Å². The lowest BCUT2D eigenvalue weighted by Gasteiger charge is -2.38. The van der Waals surface area contributed by atoms with E-state index in [1.807, 2.05) is 45.1 Å². The van der Waals surface area contributed by atoms with Crippen molar-refractivity contribution in [2.75, 3.05) is 7.11 Å². The molecule has 0 saturated carbocycles. The van der Waals surface area contributed by atoms with Gasteiger partial charge in [-0.1, -0.05) is 55.3 Å². The fraction of sp³-hybridized carbons (Fsp3) is 0.613. The van der Waals surface area contributed by atoms with Gasteiger partial charge < -0.3 is 19.3 Å². The van der Waals surface area contributed by atoms with Crippen molar-refractivity contribution >= 4 is 23.5 Å². The Hall–Kier alpha value is -2.35. The van der Waals surface area contributed by atoms with Gasteiger partial charge in [-0.25, -0.2) is 4.79 Å². The van der Waals surface area contributed by atoms with E-state index in [4.69, 9.17) is 25.8 Å². The minimum Gasteiger partial charge on any atom is -0.495 e. The van der Waals surface area contributed by atoms with Gasteiger partial charge in [0, 0.05) is 31.6 Å². The van der Waals surface area contributed by atoms with Crippen molar-refractivity contribution < 1.29 is 28.9 Å². The lowest BCUT2D eigenvalue weighted by Crippen LogP contribution is -2.57. The largest absolute Gasteiger partial charge is 0.495 e. The summed E-state index contributed by atoms with van der Waals surface area (Å²) in [6.07, 6.45) is 8.90. The number of ether oxygens (including phenoxy) is 3. The van der Waals surface area contributed by atoms with Crippen LogP contribution in [-0.2, 0) is 27.1 Å². The highest BCUT2D eigenvalue weighted by atomic mass is 35.5. The molecule has 6 atom stereocenters. The van der Waals surface area contributed by atoms with E-state index in [9.17, 15) is 14.7 Å². The number of aliphatic hydroxyl groups is 1. The molecule has 2 saturated heterocycles. The van der Waals surface area contributed by atoms with E-state index in [0.717, 1.165) is 29.5 Å². The molecule has 2 fully saturated rings. The third-order valence-corrected chi connectivity index (χ3v) is 8.80. The maximum absolute atomic E-state index is 12.8. The molecule has 2 aliphatic heterocycles. The maximum atomic E-state index is 12.8. The standard InChI is InChI=1S/C31H42ClNO6/c1-19-8-6-7-12-31(36)18-26(38-29(35)33-31)21(3)28-30(4,39-28)13-11-24(34)10-9-20(2)15-23-16-22(14-19)17-25(37-5)27(23)32/h6-8,16-17,20-21,26,28,36H,9-15,18H2,1-5H3,(H,33,35). The lowest BCUT2D eigenvalue weighted by molar-refractivity contribution is -0.119. The van der Waals surface area contributed by atoms with Crippen molar-refractivity contribution in [2.24, 2.45) is 11.8 Å². The Morgan fingerprint density at radius 3 is 2.72 bits per heavy atom. The fourth-order valence-corrected chi connectivity index (χ4v) is 6.18. The highest BCUT2D eigenvalue weighted by Crippen LogP contribution is 2.47. The molecule has 0 radical (unpaired) electrons. The molecule has 39 heavy (non-hydrogen) atoms. The van der Waals surface area contributed by atoms with Gasteiger partial charge in [0.2, 0.25) is 0 Å². The maximum Gasteiger partial charge on any atom is 0.409 e. The number of hydrogen-bond donors (Lipinski definition) is 2. The Morgan fingerprint density at radius 1 is 1.21 bits per heavy atom.